The first-order valence-corrected chi connectivity index (χ1v) is 7.87. The van der Waals surface area contributed by atoms with Crippen molar-refractivity contribution in [1.29, 1.82) is 0 Å². The molecule has 0 bridgehead atoms. The fourth-order valence-corrected chi connectivity index (χ4v) is 2.90. The minimum absolute atomic E-state index is 0.603. The van der Waals surface area contributed by atoms with Crippen molar-refractivity contribution in [2.45, 2.75) is 6.92 Å². The number of hydrogen-bond donors (Lipinski definition) is 0. The Hall–Kier alpha value is -2.40. The van der Waals surface area contributed by atoms with E-state index in [1.54, 1.807) is 24.6 Å². The number of aromatic nitrogens is 2. The minimum Gasteiger partial charge on any atom is -0.497 e. The number of hydrogen-bond acceptors (Lipinski definition) is 5. The SMILES string of the molecule is CCOc1cc(-c2nc(-c3ccc(OC)cc3)cs2)ccn1. The van der Waals surface area contributed by atoms with Gasteiger partial charge in [-0.15, -0.1) is 11.3 Å². The zero-order valence-corrected chi connectivity index (χ0v) is 13.3. The van der Waals surface area contributed by atoms with Gasteiger partial charge < -0.3 is 9.47 Å². The van der Waals surface area contributed by atoms with Gasteiger partial charge in [0, 0.05) is 28.8 Å². The highest BCUT2D eigenvalue weighted by Crippen LogP contribution is 2.30. The summed E-state index contributed by atoms with van der Waals surface area (Å²) in [4.78, 5) is 8.88. The maximum absolute atomic E-state index is 5.44. The predicted molar refractivity (Wildman–Crippen MR) is 88.5 cm³/mol. The summed E-state index contributed by atoms with van der Waals surface area (Å²) in [5.41, 5.74) is 3.04. The first-order chi connectivity index (χ1) is 10.8. The molecule has 2 heterocycles. The molecule has 5 heteroatoms. The van der Waals surface area contributed by atoms with E-state index in [4.69, 9.17) is 14.5 Å². The fourth-order valence-electron chi connectivity index (χ4n) is 2.07. The third kappa shape index (κ3) is 3.09. The molecule has 0 aliphatic heterocycles. The van der Waals surface area contributed by atoms with Crippen LogP contribution in [0.15, 0.2) is 48.0 Å². The van der Waals surface area contributed by atoms with Gasteiger partial charge in [0.15, 0.2) is 0 Å². The molecule has 0 spiro atoms. The Bertz CT molecular complexity index is 753. The summed E-state index contributed by atoms with van der Waals surface area (Å²) < 4.78 is 10.6. The second-order valence-electron chi connectivity index (χ2n) is 4.58. The Morgan fingerprint density at radius 2 is 1.91 bits per heavy atom. The quantitative estimate of drug-likeness (QED) is 0.705. The maximum Gasteiger partial charge on any atom is 0.213 e. The van der Waals surface area contributed by atoms with Gasteiger partial charge in [0.2, 0.25) is 5.88 Å². The summed E-state index contributed by atoms with van der Waals surface area (Å²) in [6.45, 7) is 2.55. The topological polar surface area (TPSA) is 44.2 Å². The van der Waals surface area contributed by atoms with Crippen LogP contribution in [0, 0.1) is 0 Å². The first-order valence-electron chi connectivity index (χ1n) is 6.99. The van der Waals surface area contributed by atoms with Crippen molar-refractivity contribution in [3.63, 3.8) is 0 Å². The number of thiazole rings is 1. The van der Waals surface area contributed by atoms with Crippen molar-refractivity contribution in [3.8, 4) is 33.5 Å². The number of ether oxygens (including phenoxy) is 2. The molecule has 22 heavy (non-hydrogen) atoms. The molecular formula is C17H16N2O2S. The Balaban J connectivity index is 1.88. The lowest BCUT2D eigenvalue weighted by atomic mass is 10.2. The van der Waals surface area contributed by atoms with Gasteiger partial charge in [-0.05, 0) is 37.3 Å². The lowest BCUT2D eigenvalue weighted by Gasteiger charge is -2.03. The van der Waals surface area contributed by atoms with Crippen LogP contribution in [0.3, 0.4) is 0 Å². The molecule has 0 amide bonds. The molecule has 2 aromatic heterocycles. The average Bonchev–Trinajstić information content (AvgIpc) is 3.06. The number of rotatable bonds is 5. The van der Waals surface area contributed by atoms with Crippen molar-refractivity contribution < 1.29 is 9.47 Å². The Kier molecular flexibility index (Phi) is 4.34. The molecule has 0 saturated heterocycles. The molecular weight excluding hydrogens is 296 g/mol. The van der Waals surface area contributed by atoms with Crippen LogP contribution in [0.5, 0.6) is 11.6 Å². The number of benzene rings is 1. The smallest absolute Gasteiger partial charge is 0.213 e. The van der Waals surface area contributed by atoms with E-state index in [2.05, 4.69) is 10.4 Å². The molecule has 4 nitrogen and oxygen atoms in total. The van der Waals surface area contributed by atoms with Gasteiger partial charge in [-0.25, -0.2) is 9.97 Å². The zero-order valence-electron chi connectivity index (χ0n) is 12.4. The first kappa shape index (κ1) is 14.5. The molecule has 0 atom stereocenters. The monoisotopic (exact) mass is 312 g/mol. The van der Waals surface area contributed by atoms with Gasteiger partial charge in [0.05, 0.1) is 19.4 Å². The lowest BCUT2D eigenvalue weighted by Crippen LogP contribution is -1.93. The van der Waals surface area contributed by atoms with Crippen molar-refractivity contribution >= 4 is 11.3 Å². The highest BCUT2D eigenvalue weighted by molar-refractivity contribution is 7.13. The van der Waals surface area contributed by atoms with E-state index in [1.165, 1.54) is 0 Å². The van der Waals surface area contributed by atoms with Crippen LogP contribution in [-0.4, -0.2) is 23.7 Å². The molecule has 3 aromatic rings. The maximum atomic E-state index is 5.44. The summed E-state index contributed by atoms with van der Waals surface area (Å²) in [6, 6.07) is 11.8. The lowest BCUT2D eigenvalue weighted by molar-refractivity contribution is 0.327. The molecule has 0 saturated carbocycles. The van der Waals surface area contributed by atoms with Gasteiger partial charge in [-0.3, -0.25) is 0 Å². The largest absolute Gasteiger partial charge is 0.497 e. The highest BCUT2D eigenvalue weighted by Gasteiger charge is 2.08. The summed E-state index contributed by atoms with van der Waals surface area (Å²) in [5, 5.41) is 3.01. The third-order valence-corrected chi connectivity index (χ3v) is 4.06. The minimum atomic E-state index is 0.603. The summed E-state index contributed by atoms with van der Waals surface area (Å²) in [7, 11) is 1.66. The second kappa shape index (κ2) is 6.58. The summed E-state index contributed by atoms with van der Waals surface area (Å²) >= 11 is 1.61. The molecule has 112 valence electrons. The van der Waals surface area contributed by atoms with Gasteiger partial charge in [-0.1, -0.05) is 0 Å². The standard InChI is InChI=1S/C17H16N2O2S/c1-3-21-16-10-13(8-9-18-16)17-19-15(11-22-17)12-4-6-14(20-2)7-5-12/h4-11H,3H2,1-2H3. The van der Waals surface area contributed by atoms with Crippen molar-refractivity contribution in [3.05, 3.63) is 48.0 Å². The molecule has 0 unspecified atom stereocenters. The third-order valence-electron chi connectivity index (χ3n) is 3.16. The Morgan fingerprint density at radius 3 is 2.64 bits per heavy atom. The summed E-state index contributed by atoms with van der Waals surface area (Å²) in [5.74, 6) is 1.47. The van der Waals surface area contributed by atoms with E-state index in [-0.39, 0.29) is 0 Å². The van der Waals surface area contributed by atoms with Crippen LogP contribution in [0.2, 0.25) is 0 Å². The average molecular weight is 312 g/mol. The molecule has 0 aliphatic rings. The van der Waals surface area contributed by atoms with E-state index in [0.717, 1.165) is 27.6 Å². The van der Waals surface area contributed by atoms with Crippen LogP contribution in [0.1, 0.15) is 6.92 Å². The molecule has 3 rings (SSSR count). The normalized spacial score (nSPS) is 10.5. The molecule has 0 aliphatic carbocycles. The number of methoxy groups -OCH3 is 1. The van der Waals surface area contributed by atoms with E-state index < -0.39 is 0 Å². The van der Waals surface area contributed by atoms with E-state index in [1.807, 2.05) is 43.3 Å². The predicted octanol–water partition coefficient (Wildman–Crippen LogP) is 4.28. The van der Waals surface area contributed by atoms with Crippen LogP contribution in [-0.2, 0) is 0 Å². The van der Waals surface area contributed by atoms with Crippen LogP contribution in [0.4, 0.5) is 0 Å². The van der Waals surface area contributed by atoms with Crippen LogP contribution in [0.25, 0.3) is 21.8 Å². The highest BCUT2D eigenvalue weighted by atomic mass is 32.1. The van der Waals surface area contributed by atoms with Crippen molar-refractivity contribution in [1.82, 2.24) is 9.97 Å². The van der Waals surface area contributed by atoms with E-state index in [0.29, 0.717) is 12.5 Å². The van der Waals surface area contributed by atoms with E-state index in [9.17, 15) is 0 Å². The van der Waals surface area contributed by atoms with Gasteiger partial charge in [0.1, 0.15) is 10.8 Å². The second-order valence-corrected chi connectivity index (χ2v) is 5.44. The molecule has 1 aromatic carbocycles. The number of nitrogens with zero attached hydrogens (tertiary/aromatic N) is 2. The van der Waals surface area contributed by atoms with Gasteiger partial charge >= 0.3 is 0 Å². The summed E-state index contributed by atoms with van der Waals surface area (Å²) in [6.07, 6.45) is 1.74. The van der Waals surface area contributed by atoms with E-state index >= 15 is 0 Å². The van der Waals surface area contributed by atoms with Crippen LogP contribution < -0.4 is 9.47 Å². The van der Waals surface area contributed by atoms with Gasteiger partial charge in [0.25, 0.3) is 0 Å². The molecule has 0 radical (unpaired) electrons. The Morgan fingerprint density at radius 1 is 1.09 bits per heavy atom. The Labute approximate surface area is 133 Å². The fraction of sp³-hybridized carbons (Fsp3) is 0.176. The number of pyridine rings is 1. The van der Waals surface area contributed by atoms with Crippen LogP contribution >= 0.6 is 11.3 Å². The molecule has 0 fully saturated rings. The molecule has 0 N–H and O–H groups in total. The van der Waals surface area contributed by atoms with Crippen molar-refractivity contribution in [2.75, 3.05) is 13.7 Å². The van der Waals surface area contributed by atoms with Crippen molar-refractivity contribution in [2.24, 2.45) is 0 Å². The zero-order chi connectivity index (χ0) is 15.4. The van der Waals surface area contributed by atoms with Gasteiger partial charge in [-0.2, -0.15) is 0 Å².